The number of diazo groups is 1. The zero-order chi connectivity index (χ0) is 14.5. The molecule has 24 heavy (non-hydrogen) atoms. The van der Waals surface area contributed by atoms with E-state index in [1.807, 2.05) is 0 Å². The summed E-state index contributed by atoms with van der Waals surface area (Å²) in [6.45, 7) is 2.05. The van der Waals surface area contributed by atoms with Gasteiger partial charge >= 0.3 is 25.2 Å². The van der Waals surface area contributed by atoms with Crippen LogP contribution in [0.25, 0.3) is 4.98 Å². The largest absolute Gasteiger partial charge is 2.00 e. The molecule has 0 saturated heterocycles. The summed E-state index contributed by atoms with van der Waals surface area (Å²) in [5.74, 6) is 1.15. The fourth-order valence-corrected chi connectivity index (χ4v) is 2.68. The van der Waals surface area contributed by atoms with Gasteiger partial charge in [0.2, 0.25) is 11.1 Å². The van der Waals surface area contributed by atoms with Crippen LogP contribution in [0, 0.1) is 12.3 Å². The van der Waals surface area contributed by atoms with Crippen molar-refractivity contribution in [2.75, 3.05) is 14.2 Å². The molecule has 0 fully saturated rings. The fraction of sp³-hybridized carbons (Fsp3) is 0.200. The third-order valence-electron chi connectivity index (χ3n) is 2.82. The van der Waals surface area contributed by atoms with E-state index >= 15 is 0 Å². The van der Waals surface area contributed by atoms with E-state index in [2.05, 4.69) is 36.2 Å². The van der Waals surface area contributed by atoms with E-state index in [-0.39, 0.29) is 56.7 Å². The van der Waals surface area contributed by atoms with E-state index in [0.29, 0.717) is 17.2 Å². The number of ether oxygens (including phenoxy) is 2. The van der Waals surface area contributed by atoms with Gasteiger partial charge in [0.1, 0.15) is 5.75 Å². The summed E-state index contributed by atoms with van der Waals surface area (Å²) in [4.78, 5) is 5.20. The summed E-state index contributed by atoms with van der Waals surface area (Å²) in [6.07, 6.45) is 0. The van der Waals surface area contributed by atoms with Crippen LogP contribution in [0.15, 0.2) is 46.2 Å². The maximum atomic E-state index is 8.96. The first kappa shape index (κ1) is 28.1. The molecule has 0 saturated carbocycles. The van der Waals surface area contributed by atoms with Gasteiger partial charge in [-0.05, 0) is 19.1 Å². The molecule has 0 aliphatic carbocycles. The summed E-state index contributed by atoms with van der Waals surface area (Å²) in [5.41, 5.74) is 1.56. The molecule has 126 valence electrons. The van der Waals surface area contributed by atoms with Crippen LogP contribution in [0.1, 0.15) is 5.56 Å². The van der Waals surface area contributed by atoms with E-state index in [0.717, 1.165) is 9.79 Å². The van der Waals surface area contributed by atoms with Crippen molar-refractivity contribution in [3.8, 4) is 11.5 Å². The van der Waals surface area contributed by atoms with Crippen molar-refractivity contribution in [2.24, 2.45) is 0 Å². The summed E-state index contributed by atoms with van der Waals surface area (Å²) >= 11 is 1.57. The van der Waals surface area contributed by atoms with Gasteiger partial charge in [-0.3, -0.25) is 0 Å². The summed E-state index contributed by atoms with van der Waals surface area (Å²) in [7, 11) is 3.12. The van der Waals surface area contributed by atoms with Gasteiger partial charge in [-0.25, -0.2) is 0 Å². The molecule has 0 N–H and O–H groups in total. The van der Waals surface area contributed by atoms with E-state index in [1.165, 1.54) is 12.7 Å². The van der Waals surface area contributed by atoms with Crippen molar-refractivity contribution < 1.29 is 66.2 Å². The molecule has 4 nitrogen and oxygen atoms in total. The second-order valence-corrected chi connectivity index (χ2v) is 5.31. The number of nitrogens with zero attached hydrogens (tertiary/aromatic N) is 2. The molecule has 9 heteroatoms. The van der Waals surface area contributed by atoms with Crippen molar-refractivity contribution in [3.05, 3.63) is 46.9 Å². The molecule has 2 rings (SSSR count). The summed E-state index contributed by atoms with van der Waals surface area (Å²) in [5, 5.41) is 8.96. The first-order valence-electron chi connectivity index (χ1n) is 6.03. The Hall–Kier alpha value is -0.697. The van der Waals surface area contributed by atoms with Crippen LogP contribution in [0.2, 0.25) is 0 Å². The van der Waals surface area contributed by atoms with Gasteiger partial charge in [0.05, 0.1) is 25.2 Å². The number of benzene rings is 2. The Balaban J connectivity index is -0.00000110. The van der Waals surface area contributed by atoms with Crippen LogP contribution in [0.3, 0.4) is 0 Å². The number of aryl methyl sites for hydroxylation is 1. The molecule has 0 amide bonds. The van der Waals surface area contributed by atoms with Gasteiger partial charge in [0.25, 0.3) is 0 Å². The number of halogens is 3. The number of hydrogen-bond donors (Lipinski definition) is 0. The van der Waals surface area contributed by atoms with Crippen LogP contribution >= 0.6 is 11.8 Å². The van der Waals surface area contributed by atoms with Crippen LogP contribution < -0.4 is 46.7 Å². The zero-order valence-electron chi connectivity index (χ0n) is 13.4. The third kappa shape index (κ3) is 7.05. The molecule has 0 spiro atoms. The Kier molecular flexibility index (Phi) is 15.9. The molecule has 0 radical (unpaired) electrons. The van der Waals surface area contributed by atoms with Gasteiger partial charge in [-0.15, -0.1) is 0 Å². The predicted molar refractivity (Wildman–Crippen MR) is 79.6 cm³/mol. The van der Waals surface area contributed by atoms with Crippen LogP contribution in [-0.4, -0.2) is 14.2 Å². The maximum absolute atomic E-state index is 8.96. The number of rotatable bonds is 4. The van der Waals surface area contributed by atoms with Gasteiger partial charge in [0, 0.05) is 11.0 Å². The monoisotopic (exact) mass is 456 g/mol. The molecule has 0 unspecified atom stereocenters. The molecule has 0 aromatic heterocycles. The normalized spacial score (nSPS) is 8.25. The number of methoxy groups -OCH3 is 2. The Labute approximate surface area is 177 Å². The van der Waals surface area contributed by atoms with Gasteiger partial charge in [0.15, 0.2) is 4.98 Å². The molecular formula is C15H15Cl3N2O2SZn. The minimum atomic E-state index is 0. The average Bonchev–Trinajstić information content (AvgIpc) is 2.49. The van der Waals surface area contributed by atoms with E-state index in [9.17, 15) is 0 Å². The average molecular weight is 459 g/mol. The Bertz CT molecular complexity index is 667. The predicted octanol–water partition coefficient (Wildman–Crippen LogP) is -4.34. The second-order valence-electron chi connectivity index (χ2n) is 4.19. The second kappa shape index (κ2) is 13.6. The topological polar surface area (TPSA) is 46.6 Å². The minimum Gasteiger partial charge on any atom is -1.00 e. The Morgan fingerprint density at radius 3 is 1.92 bits per heavy atom. The van der Waals surface area contributed by atoms with E-state index < -0.39 is 0 Å². The molecule has 0 heterocycles. The van der Waals surface area contributed by atoms with Crippen molar-refractivity contribution in [2.45, 2.75) is 16.7 Å². The van der Waals surface area contributed by atoms with Gasteiger partial charge < -0.3 is 46.7 Å². The smallest absolute Gasteiger partial charge is 1.00 e. The van der Waals surface area contributed by atoms with Gasteiger partial charge in [-0.2, -0.15) is 0 Å². The van der Waals surface area contributed by atoms with E-state index in [1.54, 1.807) is 31.0 Å². The van der Waals surface area contributed by atoms with E-state index in [4.69, 9.17) is 14.9 Å². The molecule has 0 atom stereocenters. The van der Waals surface area contributed by atoms with Crippen LogP contribution in [-0.2, 0) is 19.5 Å². The quantitative estimate of drug-likeness (QED) is 0.343. The molecule has 0 aliphatic rings. The summed E-state index contributed by atoms with van der Waals surface area (Å²) < 4.78 is 10.5. The first-order valence-corrected chi connectivity index (χ1v) is 6.85. The molecular weight excluding hydrogens is 444 g/mol. The van der Waals surface area contributed by atoms with Crippen molar-refractivity contribution in [3.63, 3.8) is 0 Å². The molecule has 0 aliphatic heterocycles. The first-order chi connectivity index (χ1) is 9.67. The third-order valence-corrected chi connectivity index (χ3v) is 3.87. The van der Waals surface area contributed by atoms with Crippen molar-refractivity contribution >= 4 is 17.4 Å². The Morgan fingerprint density at radius 1 is 0.917 bits per heavy atom. The summed E-state index contributed by atoms with van der Waals surface area (Å²) in [6, 6.07) is 11.7. The van der Waals surface area contributed by atoms with Crippen LogP contribution in [0.4, 0.5) is 5.69 Å². The molecule has 2 aromatic rings. The number of hydrogen-bond acceptors (Lipinski definition) is 4. The zero-order valence-corrected chi connectivity index (χ0v) is 19.5. The van der Waals surface area contributed by atoms with Crippen molar-refractivity contribution in [1.82, 2.24) is 0 Å². The molecule has 0 bridgehead atoms. The Morgan fingerprint density at radius 2 is 1.46 bits per heavy atom. The minimum absolute atomic E-state index is 0. The standard InChI is InChI=1S/C15H15N2O2S.3ClH.Zn/c1-10-4-6-11(7-5-10)20-15-9-13(18-2)12(17-16)8-14(15)19-3;;;;/h4-9H,1-3H3;3*1H;/q+1;;;;+2/p-3. The molecule has 2 aromatic carbocycles. The SMILES string of the molecule is COc1cc(Sc2ccc(C)cc2)c(OC)cc1[N+]#N.[Cl-].[Cl-].[Cl-].[Zn+2]. The van der Waals surface area contributed by atoms with Crippen molar-refractivity contribution in [1.29, 1.82) is 5.39 Å². The maximum Gasteiger partial charge on any atom is 2.00 e. The fourth-order valence-electron chi connectivity index (χ4n) is 1.74. The van der Waals surface area contributed by atoms with Gasteiger partial charge in [-0.1, -0.05) is 29.5 Å². The van der Waals surface area contributed by atoms with Crippen LogP contribution in [0.5, 0.6) is 11.5 Å².